The van der Waals surface area contributed by atoms with Crippen LogP contribution in [0, 0.1) is 0 Å². The number of hydrogen-bond acceptors (Lipinski definition) is 3. The minimum absolute atomic E-state index is 0.0333. The fourth-order valence-corrected chi connectivity index (χ4v) is 2.57. The van der Waals surface area contributed by atoms with Crippen LogP contribution >= 0.6 is 0 Å². The maximum absolute atomic E-state index is 11.9. The van der Waals surface area contributed by atoms with Gasteiger partial charge in [0, 0.05) is 12.6 Å². The van der Waals surface area contributed by atoms with Crippen LogP contribution in [0.15, 0.2) is 0 Å². The van der Waals surface area contributed by atoms with Gasteiger partial charge in [-0.05, 0) is 46.1 Å². The first kappa shape index (κ1) is 11.9. The maximum Gasteiger partial charge on any atom is 0.237 e. The minimum Gasteiger partial charge on any atom is -0.375 e. The van der Waals surface area contributed by atoms with Crippen molar-refractivity contribution in [3.63, 3.8) is 0 Å². The highest BCUT2D eigenvalue weighted by atomic mass is 16.5. The van der Waals surface area contributed by atoms with Crippen LogP contribution in [-0.2, 0) is 9.53 Å². The number of ether oxygens (including phenoxy) is 1. The Labute approximate surface area is 97.1 Å². The maximum atomic E-state index is 11.9. The van der Waals surface area contributed by atoms with E-state index in [1.165, 1.54) is 0 Å². The Morgan fingerprint density at radius 3 is 2.88 bits per heavy atom. The van der Waals surface area contributed by atoms with Gasteiger partial charge in [0.15, 0.2) is 0 Å². The van der Waals surface area contributed by atoms with E-state index in [4.69, 9.17) is 4.74 Å². The van der Waals surface area contributed by atoms with E-state index in [1.54, 1.807) is 0 Å². The second-order valence-electron chi connectivity index (χ2n) is 5.46. The summed E-state index contributed by atoms with van der Waals surface area (Å²) in [6.07, 6.45) is 3.92. The predicted molar refractivity (Wildman–Crippen MR) is 62.2 cm³/mol. The van der Waals surface area contributed by atoms with Crippen molar-refractivity contribution < 1.29 is 9.53 Å². The molecule has 4 nitrogen and oxygen atoms in total. The highest BCUT2D eigenvalue weighted by Crippen LogP contribution is 2.24. The van der Waals surface area contributed by atoms with Crippen molar-refractivity contribution in [3.05, 3.63) is 0 Å². The molecule has 0 spiro atoms. The van der Waals surface area contributed by atoms with Crippen LogP contribution < -0.4 is 10.6 Å². The number of hydrogen-bond donors (Lipinski definition) is 2. The fourth-order valence-electron chi connectivity index (χ4n) is 2.57. The highest BCUT2D eigenvalue weighted by molar-refractivity contribution is 5.82. The van der Waals surface area contributed by atoms with Gasteiger partial charge in [-0.1, -0.05) is 0 Å². The van der Waals surface area contributed by atoms with Gasteiger partial charge in [0.1, 0.15) is 0 Å². The summed E-state index contributed by atoms with van der Waals surface area (Å²) in [5.41, 5.74) is -0.0979. The number of rotatable bonds is 2. The Kier molecular flexibility index (Phi) is 3.50. The second kappa shape index (κ2) is 4.72. The molecule has 0 bridgehead atoms. The first-order valence-electron chi connectivity index (χ1n) is 6.24. The third-order valence-electron chi connectivity index (χ3n) is 3.42. The summed E-state index contributed by atoms with van der Waals surface area (Å²) < 4.78 is 5.64. The van der Waals surface area contributed by atoms with Crippen molar-refractivity contribution in [3.8, 4) is 0 Å². The van der Waals surface area contributed by atoms with Crippen LogP contribution in [0.25, 0.3) is 0 Å². The summed E-state index contributed by atoms with van der Waals surface area (Å²) >= 11 is 0. The zero-order chi connectivity index (χ0) is 11.6. The molecule has 16 heavy (non-hydrogen) atoms. The van der Waals surface area contributed by atoms with Crippen LogP contribution in [0.5, 0.6) is 0 Å². The van der Waals surface area contributed by atoms with Crippen LogP contribution in [0.2, 0.25) is 0 Å². The third kappa shape index (κ3) is 2.95. The Bertz CT molecular complexity index is 260. The molecule has 2 aliphatic rings. The Balaban J connectivity index is 1.82. The molecule has 2 saturated heterocycles. The summed E-state index contributed by atoms with van der Waals surface area (Å²) in [4.78, 5) is 11.9. The molecule has 1 amide bonds. The molecule has 2 atom stereocenters. The largest absolute Gasteiger partial charge is 0.375 e. The smallest absolute Gasteiger partial charge is 0.237 e. The number of carbonyl (C=O) groups excluding carboxylic acids is 1. The lowest BCUT2D eigenvalue weighted by molar-refractivity contribution is -0.125. The van der Waals surface area contributed by atoms with Gasteiger partial charge in [0.2, 0.25) is 5.91 Å². The first-order chi connectivity index (χ1) is 7.57. The van der Waals surface area contributed by atoms with E-state index in [0.29, 0.717) is 0 Å². The van der Waals surface area contributed by atoms with Gasteiger partial charge in [0.05, 0.1) is 11.6 Å². The van der Waals surface area contributed by atoms with Crippen molar-refractivity contribution in [1.82, 2.24) is 10.6 Å². The zero-order valence-corrected chi connectivity index (χ0v) is 10.2. The van der Waals surface area contributed by atoms with Crippen molar-refractivity contribution in [1.29, 1.82) is 0 Å². The molecule has 0 aromatic heterocycles. The number of amides is 1. The van der Waals surface area contributed by atoms with Crippen molar-refractivity contribution in [2.45, 2.75) is 57.2 Å². The number of carbonyl (C=O) groups is 1. The summed E-state index contributed by atoms with van der Waals surface area (Å²) in [7, 11) is 0. The molecule has 2 aliphatic heterocycles. The normalized spacial score (nSPS) is 33.6. The summed E-state index contributed by atoms with van der Waals surface area (Å²) in [6.45, 7) is 5.88. The van der Waals surface area contributed by atoms with E-state index in [2.05, 4.69) is 24.5 Å². The lowest BCUT2D eigenvalue weighted by Gasteiger charge is -2.36. The monoisotopic (exact) mass is 226 g/mol. The van der Waals surface area contributed by atoms with Crippen LogP contribution in [0.3, 0.4) is 0 Å². The molecule has 2 fully saturated rings. The first-order valence-corrected chi connectivity index (χ1v) is 6.24. The Morgan fingerprint density at radius 2 is 2.25 bits per heavy atom. The zero-order valence-electron chi connectivity index (χ0n) is 10.2. The van der Waals surface area contributed by atoms with E-state index < -0.39 is 0 Å². The fraction of sp³-hybridized carbons (Fsp3) is 0.917. The van der Waals surface area contributed by atoms with Crippen molar-refractivity contribution >= 4 is 5.91 Å². The van der Waals surface area contributed by atoms with Crippen molar-refractivity contribution in [2.75, 3.05) is 13.2 Å². The molecular weight excluding hydrogens is 204 g/mol. The van der Waals surface area contributed by atoms with E-state index in [1.807, 2.05) is 0 Å². The summed E-state index contributed by atoms with van der Waals surface area (Å²) in [5, 5.41) is 6.36. The topological polar surface area (TPSA) is 50.4 Å². The van der Waals surface area contributed by atoms with Gasteiger partial charge in [-0.2, -0.15) is 0 Å². The molecule has 0 saturated carbocycles. The molecule has 0 aliphatic carbocycles. The molecule has 92 valence electrons. The van der Waals surface area contributed by atoms with E-state index >= 15 is 0 Å². The van der Waals surface area contributed by atoms with Gasteiger partial charge in [-0.3, -0.25) is 4.79 Å². The van der Waals surface area contributed by atoms with Gasteiger partial charge in [0.25, 0.3) is 0 Å². The van der Waals surface area contributed by atoms with E-state index in [0.717, 1.165) is 38.8 Å². The van der Waals surface area contributed by atoms with Gasteiger partial charge < -0.3 is 15.4 Å². The summed E-state index contributed by atoms with van der Waals surface area (Å²) in [5.74, 6) is 0.167. The molecular formula is C12H22N2O2. The molecule has 0 radical (unpaired) electrons. The molecule has 2 heterocycles. The number of nitrogens with one attached hydrogen (secondary N) is 2. The van der Waals surface area contributed by atoms with Gasteiger partial charge >= 0.3 is 0 Å². The lowest BCUT2D eigenvalue weighted by Crippen LogP contribution is -2.50. The third-order valence-corrected chi connectivity index (χ3v) is 3.42. The molecule has 2 N–H and O–H groups in total. The standard InChI is InChI=1S/C12H22N2O2/c1-12(2)8-9(5-7-16-12)14-11(15)10-4-3-6-13-10/h9-10,13H,3-8H2,1-2H3,(H,14,15). The minimum atomic E-state index is -0.0979. The predicted octanol–water partition coefficient (Wildman–Crippen LogP) is 0.812. The molecule has 4 heteroatoms. The van der Waals surface area contributed by atoms with E-state index in [-0.39, 0.29) is 23.6 Å². The quantitative estimate of drug-likeness (QED) is 0.732. The lowest BCUT2D eigenvalue weighted by atomic mass is 9.93. The van der Waals surface area contributed by atoms with Crippen molar-refractivity contribution in [2.24, 2.45) is 0 Å². The van der Waals surface area contributed by atoms with E-state index in [9.17, 15) is 4.79 Å². The molecule has 2 unspecified atom stereocenters. The van der Waals surface area contributed by atoms with Crippen LogP contribution in [0.1, 0.15) is 39.5 Å². The second-order valence-corrected chi connectivity index (χ2v) is 5.46. The molecule has 2 rings (SSSR count). The van der Waals surface area contributed by atoms with Gasteiger partial charge in [-0.15, -0.1) is 0 Å². The summed E-state index contributed by atoms with van der Waals surface area (Å²) in [6, 6.07) is 0.310. The average molecular weight is 226 g/mol. The molecule has 0 aromatic rings. The average Bonchev–Trinajstić information content (AvgIpc) is 2.68. The van der Waals surface area contributed by atoms with Gasteiger partial charge in [-0.25, -0.2) is 0 Å². The highest BCUT2D eigenvalue weighted by Gasteiger charge is 2.31. The molecule has 0 aromatic carbocycles. The van der Waals surface area contributed by atoms with Crippen LogP contribution in [-0.4, -0.2) is 36.7 Å². The Morgan fingerprint density at radius 1 is 1.44 bits per heavy atom. The SMILES string of the molecule is CC1(C)CC(NC(=O)C2CCCN2)CCO1. The Hall–Kier alpha value is -0.610. The van der Waals surface area contributed by atoms with Crippen LogP contribution in [0.4, 0.5) is 0 Å².